The molecule has 0 N–H and O–H groups in total. The fraction of sp³-hybridized carbons (Fsp3) is 0.259. The second-order valence-corrected chi connectivity index (χ2v) is 7.99. The first-order valence-electron chi connectivity index (χ1n) is 11.1. The molecule has 33 heavy (non-hydrogen) atoms. The summed E-state index contributed by atoms with van der Waals surface area (Å²) >= 11 is 0. The zero-order chi connectivity index (χ0) is 23.0. The topological polar surface area (TPSA) is 59.1 Å². The van der Waals surface area contributed by atoms with Crippen LogP contribution in [0.15, 0.2) is 78.9 Å². The first-order valence-corrected chi connectivity index (χ1v) is 11.1. The van der Waals surface area contributed by atoms with Crippen molar-refractivity contribution >= 4 is 17.4 Å². The van der Waals surface area contributed by atoms with Crippen LogP contribution in [0.3, 0.4) is 0 Å². The molecule has 0 aromatic heterocycles. The predicted octanol–water partition coefficient (Wildman–Crippen LogP) is 3.79. The zero-order valence-corrected chi connectivity index (χ0v) is 18.8. The highest BCUT2D eigenvalue weighted by Gasteiger charge is 2.17. The molecule has 1 aliphatic heterocycles. The van der Waals surface area contributed by atoms with Crippen LogP contribution in [0.5, 0.6) is 5.75 Å². The summed E-state index contributed by atoms with van der Waals surface area (Å²) in [7, 11) is 1.78. The second kappa shape index (κ2) is 10.8. The number of ether oxygens (including phenoxy) is 2. The van der Waals surface area contributed by atoms with Gasteiger partial charge in [0, 0.05) is 43.5 Å². The van der Waals surface area contributed by atoms with E-state index in [2.05, 4.69) is 17.0 Å². The average molecular weight is 445 g/mol. The molecule has 170 valence electrons. The highest BCUT2D eigenvalue weighted by Crippen LogP contribution is 2.23. The Balaban J connectivity index is 1.32. The molecule has 0 saturated carbocycles. The van der Waals surface area contributed by atoms with Crippen LogP contribution >= 0.6 is 0 Å². The van der Waals surface area contributed by atoms with Crippen LogP contribution in [-0.2, 0) is 16.1 Å². The van der Waals surface area contributed by atoms with E-state index in [0.29, 0.717) is 36.6 Å². The summed E-state index contributed by atoms with van der Waals surface area (Å²) in [4.78, 5) is 29.2. The minimum absolute atomic E-state index is 0.0445. The first kappa shape index (κ1) is 22.6. The smallest absolute Gasteiger partial charge is 0.260 e. The van der Waals surface area contributed by atoms with Crippen molar-refractivity contribution in [2.45, 2.75) is 6.54 Å². The number of morpholine rings is 1. The maximum atomic E-state index is 12.7. The minimum Gasteiger partial charge on any atom is -0.484 e. The van der Waals surface area contributed by atoms with Crippen molar-refractivity contribution < 1.29 is 19.1 Å². The van der Waals surface area contributed by atoms with Gasteiger partial charge in [0.25, 0.3) is 5.91 Å². The Morgan fingerprint density at radius 2 is 1.52 bits per heavy atom. The number of amides is 1. The maximum absolute atomic E-state index is 12.7. The molecule has 4 rings (SSSR count). The molecule has 1 heterocycles. The molecule has 1 fully saturated rings. The van der Waals surface area contributed by atoms with Crippen LogP contribution in [0.25, 0.3) is 0 Å². The van der Waals surface area contributed by atoms with E-state index in [9.17, 15) is 9.59 Å². The van der Waals surface area contributed by atoms with Gasteiger partial charge < -0.3 is 19.3 Å². The molecule has 0 radical (unpaired) electrons. The molecule has 6 nitrogen and oxygen atoms in total. The number of rotatable bonds is 8. The minimum atomic E-state index is -0.115. The van der Waals surface area contributed by atoms with Crippen LogP contribution in [0, 0.1) is 0 Å². The molecule has 6 heteroatoms. The highest BCUT2D eigenvalue weighted by molar-refractivity contribution is 6.08. The van der Waals surface area contributed by atoms with Crippen molar-refractivity contribution in [1.82, 2.24) is 4.90 Å². The van der Waals surface area contributed by atoms with E-state index in [1.54, 1.807) is 48.3 Å². The maximum Gasteiger partial charge on any atom is 0.260 e. The number of anilines is 1. The zero-order valence-electron chi connectivity index (χ0n) is 18.8. The van der Waals surface area contributed by atoms with Crippen molar-refractivity contribution in [1.29, 1.82) is 0 Å². The fourth-order valence-corrected chi connectivity index (χ4v) is 3.81. The summed E-state index contributed by atoms with van der Waals surface area (Å²) in [5, 5.41) is 0. The molecular weight excluding hydrogens is 416 g/mol. The van der Waals surface area contributed by atoms with Gasteiger partial charge in [-0.05, 0) is 35.9 Å². The van der Waals surface area contributed by atoms with Crippen LogP contribution in [0.1, 0.15) is 21.5 Å². The van der Waals surface area contributed by atoms with E-state index < -0.39 is 0 Å². The third-order valence-electron chi connectivity index (χ3n) is 5.69. The van der Waals surface area contributed by atoms with Gasteiger partial charge in [-0.1, -0.05) is 48.5 Å². The summed E-state index contributed by atoms with van der Waals surface area (Å²) in [5.41, 5.74) is 3.45. The van der Waals surface area contributed by atoms with E-state index in [0.717, 1.165) is 24.3 Å². The van der Waals surface area contributed by atoms with E-state index in [4.69, 9.17) is 9.47 Å². The third kappa shape index (κ3) is 5.79. The number of nitrogens with zero attached hydrogens (tertiary/aromatic N) is 2. The van der Waals surface area contributed by atoms with Gasteiger partial charge in [0.1, 0.15) is 5.75 Å². The van der Waals surface area contributed by atoms with Gasteiger partial charge in [-0.3, -0.25) is 9.59 Å². The number of para-hydroxylation sites is 1. The van der Waals surface area contributed by atoms with E-state index in [1.807, 2.05) is 30.3 Å². The van der Waals surface area contributed by atoms with Gasteiger partial charge in [-0.2, -0.15) is 0 Å². The molecule has 0 spiro atoms. The van der Waals surface area contributed by atoms with Gasteiger partial charge >= 0.3 is 0 Å². The van der Waals surface area contributed by atoms with Crippen LogP contribution in [-0.4, -0.2) is 56.5 Å². The van der Waals surface area contributed by atoms with Crippen molar-refractivity contribution in [2.24, 2.45) is 0 Å². The van der Waals surface area contributed by atoms with E-state index in [1.165, 1.54) is 0 Å². The number of hydrogen-bond acceptors (Lipinski definition) is 5. The summed E-state index contributed by atoms with van der Waals surface area (Å²) in [6.07, 6.45) is 0. The summed E-state index contributed by atoms with van der Waals surface area (Å²) in [6.45, 7) is 3.56. The van der Waals surface area contributed by atoms with Crippen LogP contribution in [0.2, 0.25) is 0 Å². The lowest BCUT2D eigenvalue weighted by atomic mass is 10.0. The average Bonchev–Trinajstić information content (AvgIpc) is 2.88. The van der Waals surface area contributed by atoms with E-state index >= 15 is 0 Å². The predicted molar refractivity (Wildman–Crippen MR) is 128 cm³/mol. The quantitative estimate of drug-likeness (QED) is 0.495. The lowest BCUT2D eigenvalue weighted by Gasteiger charge is -2.31. The Bertz CT molecular complexity index is 1080. The molecule has 1 amide bonds. The molecular formula is C27H28N2O4. The standard InChI is InChI=1S/C27H28N2O4/c1-28(19-23-9-5-6-10-25(23)29-15-17-32-18-16-29)26(30)20-33-24-13-11-22(12-14-24)27(31)21-7-3-2-4-8-21/h2-14H,15-20H2,1H3. The summed E-state index contributed by atoms with van der Waals surface area (Å²) in [5.74, 6) is 0.392. The Morgan fingerprint density at radius 3 is 2.24 bits per heavy atom. The number of carbonyl (C=O) groups excluding carboxylic acids is 2. The fourth-order valence-electron chi connectivity index (χ4n) is 3.81. The SMILES string of the molecule is CN(Cc1ccccc1N1CCOCC1)C(=O)COc1ccc(C(=O)c2ccccc2)cc1. The van der Waals surface area contributed by atoms with Crippen molar-refractivity contribution in [2.75, 3.05) is 44.9 Å². The molecule has 3 aromatic carbocycles. The van der Waals surface area contributed by atoms with Crippen LogP contribution < -0.4 is 9.64 Å². The number of ketones is 1. The number of hydrogen-bond donors (Lipinski definition) is 0. The lowest BCUT2D eigenvalue weighted by Crippen LogP contribution is -2.37. The van der Waals surface area contributed by atoms with Gasteiger partial charge in [0.05, 0.1) is 13.2 Å². The van der Waals surface area contributed by atoms with Crippen molar-refractivity contribution in [3.8, 4) is 5.75 Å². The number of benzene rings is 3. The van der Waals surface area contributed by atoms with Crippen molar-refractivity contribution in [3.05, 3.63) is 95.6 Å². The molecule has 1 saturated heterocycles. The number of carbonyl (C=O) groups is 2. The molecule has 1 aliphatic rings. The van der Waals surface area contributed by atoms with Gasteiger partial charge in [0.2, 0.25) is 0 Å². The van der Waals surface area contributed by atoms with Crippen molar-refractivity contribution in [3.63, 3.8) is 0 Å². The summed E-state index contributed by atoms with van der Waals surface area (Å²) < 4.78 is 11.1. The molecule has 0 bridgehead atoms. The lowest BCUT2D eigenvalue weighted by molar-refractivity contribution is -0.132. The Hall–Kier alpha value is -3.64. The summed E-state index contributed by atoms with van der Waals surface area (Å²) in [6, 6.07) is 24.2. The van der Waals surface area contributed by atoms with E-state index in [-0.39, 0.29) is 18.3 Å². The molecule has 0 aliphatic carbocycles. The van der Waals surface area contributed by atoms with Crippen LogP contribution in [0.4, 0.5) is 5.69 Å². The van der Waals surface area contributed by atoms with Gasteiger partial charge in [0.15, 0.2) is 12.4 Å². The monoisotopic (exact) mass is 444 g/mol. The highest BCUT2D eigenvalue weighted by atomic mass is 16.5. The molecule has 0 atom stereocenters. The van der Waals surface area contributed by atoms with Gasteiger partial charge in [-0.15, -0.1) is 0 Å². The normalized spacial score (nSPS) is 13.4. The Morgan fingerprint density at radius 1 is 0.879 bits per heavy atom. The van der Waals surface area contributed by atoms with Gasteiger partial charge in [-0.25, -0.2) is 0 Å². The Labute approximate surface area is 194 Å². The second-order valence-electron chi connectivity index (χ2n) is 7.99. The third-order valence-corrected chi connectivity index (χ3v) is 5.69. The molecule has 3 aromatic rings. The largest absolute Gasteiger partial charge is 0.484 e. The number of likely N-dealkylation sites (N-methyl/N-ethyl adjacent to an activating group) is 1. The first-order chi connectivity index (χ1) is 16.1. The Kier molecular flexibility index (Phi) is 7.37. The molecule has 0 unspecified atom stereocenters.